The van der Waals surface area contributed by atoms with Gasteiger partial charge in [-0.3, -0.25) is 4.79 Å². The molecule has 0 unspecified atom stereocenters. The van der Waals surface area contributed by atoms with Crippen molar-refractivity contribution in [3.63, 3.8) is 0 Å². The molecule has 126 valence electrons. The molecule has 4 heteroatoms. The first-order valence-corrected chi connectivity index (χ1v) is 11.2. The summed E-state index contributed by atoms with van der Waals surface area (Å²) in [6, 6.07) is 15.4. The van der Waals surface area contributed by atoms with Crippen LogP contribution in [0.4, 0.5) is 0 Å². The number of para-hydroxylation sites is 2. The van der Waals surface area contributed by atoms with Crippen molar-refractivity contribution in [1.82, 2.24) is 0 Å². The summed E-state index contributed by atoms with van der Waals surface area (Å²) in [5, 5.41) is -0.0210. The Hall–Kier alpha value is -2.07. The number of rotatable bonds is 2. The largest absolute Gasteiger partial charge is 0.518 e. The van der Waals surface area contributed by atoms with Gasteiger partial charge in [0.1, 0.15) is 17.4 Å². The van der Waals surface area contributed by atoms with Gasteiger partial charge in [-0.1, -0.05) is 57.2 Å². The van der Waals surface area contributed by atoms with Gasteiger partial charge in [-0.25, -0.2) is 0 Å². The highest BCUT2D eigenvalue weighted by molar-refractivity contribution is 6.75. The minimum Gasteiger partial charge on any atom is -0.518 e. The molecule has 0 N–H and O–H groups in total. The van der Waals surface area contributed by atoms with Crippen LogP contribution >= 0.6 is 0 Å². The van der Waals surface area contributed by atoms with Gasteiger partial charge in [-0.15, -0.1) is 0 Å². The summed E-state index contributed by atoms with van der Waals surface area (Å²) >= 11 is 0. The van der Waals surface area contributed by atoms with Crippen molar-refractivity contribution in [2.24, 2.45) is 0 Å². The first kappa shape index (κ1) is 16.8. The second-order valence-corrected chi connectivity index (χ2v) is 12.5. The molecule has 2 aromatic carbocycles. The Morgan fingerprint density at radius 1 is 0.958 bits per heavy atom. The number of hydrogen-bond acceptors (Lipinski definition) is 3. The van der Waals surface area contributed by atoms with E-state index in [2.05, 4.69) is 33.9 Å². The Labute approximate surface area is 144 Å². The fourth-order valence-electron chi connectivity index (χ4n) is 2.63. The smallest absolute Gasteiger partial charge is 0.304 e. The van der Waals surface area contributed by atoms with Crippen LogP contribution in [0.2, 0.25) is 18.1 Å². The van der Waals surface area contributed by atoms with E-state index in [-0.39, 0.29) is 11.0 Å². The summed E-state index contributed by atoms with van der Waals surface area (Å²) in [6.45, 7) is 10.6. The van der Waals surface area contributed by atoms with Gasteiger partial charge < -0.3 is 9.16 Å². The fraction of sp³-hybridized carbons (Fsp3) is 0.350. The molecule has 2 aromatic rings. The Bertz CT molecular complexity index is 729. The van der Waals surface area contributed by atoms with Gasteiger partial charge in [0.2, 0.25) is 0 Å². The first-order valence-electron chi connectivity index (χ1n) is 8.29. The Morgan fingerprint density at radius 2 is 1.42 bits per heavy atom. The third-order valence-corrected chi connectivity index (χ3v) is 9.40. The summed E-state index contributed by atoms with van der Waals surface area (Å²) < 4.78 is 12.1. The lowest BCUT2D eigenvalue weighted by atomic mass is 9.88. The monoisotopic (exact) mass is 340 g/mol. The van der Waals surface area contributed by atoms with E-state index in [9.17, 15) is 4.79 Å². The van der Waals surface area contributed by atoms with Crippen molar-refractivity contribution in [2.45, 2.75) is 44.8 Å². The van der Waals surface area contributed by atoms with Crippen molar-refractivity contribution < 1.29 is 14.0 Å². The molecule has 0 amide bonds. The predicted octanol–water partition coefficient (Wildman–Crippen LogP) is 5.47. The number of ether oxygens (including phenoxy) is 1. The first-order chi connectivity index (χ1) is 11.2. The van der Waals surface area contributed by atoms with Crippen molar-refractivity contribution in [1.29, 1.82) is 0 Å². The molecule has 0 aromatic heterocycles. The maximum absolute atomic E-state index is 13.1. The summed E-state index contributed by atoms with van der Waals surface area (Å²) in [5.41, 5.74) is 1.75. The number of benzene rings is 2. The molecule has 0 spiro atoms. The third kappa shape index (κ3) is 2.86. The topological polar surface area (TPSA) is 35.5 Å². The van der Waals surface area contributed by atoms with Crippen LogP contribution in [0.25, 0.3) is 0 Å². The number of carbonyl (C=O) groups excluding carboxylic acids is 1. The lowest BCUT2D eigenvalue weighted by Gasteiger charge is -2.37. The summed E-state index contributed by atoms with van der Waals surface area (Å²) in [5.74, 6) is 0.854. The second-order valence-electron chi connectivity index (χ2n) is 7.79. The normalized spacial score (nSPS) is 14.4. The van der Waals surface area contributed by atoms with Gasteiger partial charge in [0.05, 0.1) is 0 Å². The highest BCUT2D eigenvalue weighted by atomic mass is 28.4. The standard InChI is InChI=1S/C20H24O3Si/c1-20(2,3)24(4,5)23-19(21)18-14-10-6-8-12-16(14)22-17-13-9-7-11-15(17)18/h6-13,18H,1-5H3. The van der Waals surface area contributed by atoms with Crippen LogP contribution in [0, 0.1) is 0 Å². The van der Waals surface area contributed by atoms with Crippen molar-refractivity contribution in [3.05, 3.63) is 59.7 Å². The Balaban J connectivity index is 2.03. The zero-order valence-electron chi connectivity index (χ0n) is 14.9. The lowest BCUT2D eigenvalue weighted by Crippen LogP contribution is -2.44. The van der Waals surface area contributed by atoms with Crippen molar-refractivity contribution >= 4 is 14.3 Å². The molecule has 1 aliphatic heterocycles. The quantitative estimate of drug-likeness (QED) is 0.680. The van der Waals surface area contributed by atoms with E-state index in [0.717, 1.165) is 22.6 Å². The zero-order valence-corrected chi connectivity index (χ0v) is 15.9. The summed E-state index contributed by atoms with van der Waals surface area (Å²) in [4.78, 5) is 13.1. The molecule has 0 radical (unpaired) electrons. The van der Waals surface area contributed by atoms with Crippen LogP contribution < -0.4 is 4.74 Å². The molecule has 24 heavy (non-hydrogen) atoms. The van der Waals surface area contributed by atoms with Crippen LogP contribution in [0.15, 0.2) is 48.5 Å². The van der Waals surface area contributed by atoms with E-state index in [4.69, 9.17) is 9.16 Å². The zero-order chi connectivity index (χ0) is 17.5. The molecule has 0 bridgehead atoms. The SMILES string of the molecule is CC(C)(C)[Si](C)(C)OC(=O)C1c2ccccc2Oc2ccccc21. The van der Waals surface area contributed by atoms with E-state index in [1.807, 2.05) is 48.5 Å². The Morgan fingerprint density at radius 3 is 1.88 bits per heavy atom. The molecule has 0 atom stereocenters. The molecule has 3 rings (SSSR count). The van der Waals surface area contributed by atoms with Crippen LogP contribution in [0.3, 0.4) is 0 Å². The third-order valence-electron chi connectivity index (χ3n) is 5.08. The van der Waals surface area contributed by atoms with E-state index in [1.54, 1.807) is 0 Å². The summed E-state index contributed by atoms with van der Waals surface area (Å²) in [6.07, 6.45) is 0. The molecular weight excluding hydrogens is 316 g/mol. The van der Waals surface area contributed by atoms with Crippen LogP contribution in [-0.2, 0) is 9.22 Å². The van der Waals surface area contributed by atoms with Crippen LogP contribution in [0.1, 0.15) is 37.8 Å². The predicted molar refractivity (Wildman–Crippen MR) is 98.1 cm³/mol. The van der Waals surface area contributed by atoms with Crippen LogP contribution in [-0.4, -0.2) is 14.3 Å². The molecule has 0 saturated heterocycles. The number of hydrogen-bond donors (Lipinski definition) is 0. The Kier molecular flexibility index (Phi) is 4.04. The average Bonchev–Trinajstić information content (AvgIpc) is 2.50. The minimum absolute atomic E-state index is 0.0210. The molecule has 0 aliphatic carbocycles. The maximum atomic E-state index is 13.1. The van der Waals surface area contributed by atoms with Gasteiger partial charge in [-0.05, 0) is 30.3 Å². The lowest BCUT2D eigenvalue weighted by molar-refractivity contribution is -0.136. The maximum Gasteiger partial charge on any atom is 0.304 e. The number of carbonyl (C=O) groups is 1. The molecule has 3 nitrogen and oxygen atoms in total. The van der Waals surface area contributed by atoms with E-state index >= 15 is 0 Å². The van der Waals surface area contributed by atoms with Gasteiger partial charge >= 0.3 is 5.97 Å². The average molecular weight is 340 g/mol. The van der Waals surface area contributed by atoms with Gasteiger partial charge in [0.15, 0.2) is 0 Å². The molecular formula is C20H24O3Si. The van der Waals surface area contributed by atoms with Gasteiger partial charge in [0.25, 0.3) is 8.32 Å². The van der Waals surface area contributed by atoms with Crippen molar-refractivity contribution in [2.75, 3.05) is 0 Å². The van der Waals surface area contributed by atoms with E-state index in [0.29, 0.717) is 0 Å². The highest BCUT2D eigenvalue weighted by Crippen LogP contribution is 2.46. The molecule has 0 fully saturated rings. The van der Waals surface area contributed by atoms with Gasteiger partial charge in [-0.2, -0.15) is 0 Å². The number of fused-ring (bicyclic) bond motifs is 2. The fourth-order valence-corrected chi connectivity index (χ4v) is 3.55. The minimum atomic E-state index is -2.18. The second kappa shape index (κ2) is 5.78. The molecule has 0 saturated carbocycles. The molecule has 1 aliphatic rings. The van der Waals surface area contributed by atoms with E-state index in [1.165, 1.54) is 0 Å². The molecule has 1 heterocycles. The van der Waals surface area contributed by atoms with E-state index < -0.39 is 14.2 Å². The van der Waals surface area contributed by atoms with Crippen molar-refractivity contribution in [3.8, 4) is 11.5 Å². The summed E-state index contributed by atoms with van der Waals surface area (Å²) in [7, 11) is -2.18. The highest BCUT2D eigenvalue weighted by Gasteiger charge is 2.43. The van der Waals surface area contributed by atoms with Crippen LogP contribution in [0.5, 0.6) is 11.5 Å². The van der Waals surface area contributed by atoms with Gasteiger partial charge in [0, 0.05) is 11.1 Å².